The largest absolute Gasteiger partial charge is 0.469 e. The van der Waals surface area contributed by atoms with E-state index in [1.165, 1.54) is 14.2 Å². The highest BCUT2D eigenvalue weighted by Crippen LogP contribution is 2.18. The molecule has 146 valence electrons. The fourth-order valence-electron chi connectivity index (χ4n) is 2.93. The van der Waals surface area contributed by atoms with Crippen LogP contribution in [0.2, 0.25) is 0 Å². The van der Waals surface area contributed by atoms with Crippen LogP contribution in [0.15, 0.2) is 54.6 Å². The maximum atomic E-state index is 12.2. The van der Waals surface area contributed by atoms with Gasteiger partial charge in [-0.3, -0.25) is 4.79 Å². The van der Waals surface area contributed by atoms with E-state index in [1.807, 2.05) is 42.5 Å². The SMILES string of the molecule is COC(=O)c1ccc(CC(N)C(CCc2ccccc2)C(=O)OC)cc1.Cl. The minimum Gasteiger partial charge on any atom is -0.469 e. The molecule has 0 saturated carbocycles. The molecule has 0 aliphatic heterocycles. The average Bonchev–Trinajstić information content (AvgIpc) is 2.68. The van der Waals surface area contributed by atoms with Crippen LogP contribution in [0.5, 0.6) is 0 Å². The summed E-state index contributed by atoms with van der Waals surface area (Å²) in [5.74, 6) is -1.06. The van der Waals surface area contributed by atoms with Crippen LogP contribution in [0.4, 0.5) is 0 Å². The van der Waals surface area contributed by atoms with Gasteiger partial charge in [-0.05, 0) is 42.5 Å². The topological polar surface area (TPSA) is 78.6 Å². The first-order chi connectivity index (χ1) is 12.5. The first kappa shape index (κ1) is 22.7. The average molecular weight is 392 g/mol. The van der Waals surface area contributed by atoms with Crippen LogP contribution >= 0.6 is 12.4 Å². The molecule has 2 rings (SSSR count). The van der Waals surface area contributed by atoms with Crippen LogP contribution in [0.3, 0.4) is 0 Å². The summed E-state index contributed by atoms with van der Waals surface area (Å²) in [5, 5.41) is 0. The Labute approximate surface area is 166 Å². The first-order valence-corrected chi connectivity index (χ1v) is 8.59. The zero-order chi connectivity index (χ0) is 18.9. The van der Waals surface area contributed by atoms with Gasteiger partial charge >= 0.3 is 11.9 Å². The summed E-state index contributed by atoms with van der Waals surface area (Å²) in [6.07, 6.45) is 1.91. The van der Waals surface area contributed by atoms with Crippen molar-refractivity contribution in [3.8, 4) is 0 Å². The number of halogens is 1. The van der Waals surface area contributed by atoms with E-state index in [1.54, 1.807) is 12.1 Å². The molecule has 0 spiro atoms. The molecule has 0 amide bonds. The van der Waals surface area contributed by atoms with Gasteiger partial charge in [0, 0.05) is 6.04 Å². The minimum absolute atomic E-state index is 0. The highest BCUT2D eigenvalue weighted by molar-refractivity contribution is 5.89. The lowest BCUT2D eigenvalue weighted by molar-refractivity contribution is -0.146. The molecule has 2 aromatic rings. The van der Waals surface area contributed by atoms with Crippen molar-refractivity contribution in [2.45, 2.75) is 25.3 Å². The molecule has 0 radical (unpaired) electrons. The van der Waals surface area contributed by atoms with Gasteiger partial charge < -0.3 is 15.2 Å². The van der Waals surface area contributed by atoms with E-state index in [-0.39, 0.29) is 36.3 Å². The van der Waals surface area contributed by atoms with Crippen molar-refractivity contribution in [2.24, 2.45) is 11.7 Å². The number of carbonyl (C=O) groups excluding carboxylic acids is 2. The molecule has 0 heterocycles. The number of hydrogen-bond acceptors (Lipinski definition) is 5. The number of aryl methyl sites for hydroxylation is 1. The monoisotopic (exact) mass is 391 g/mol. The van der Waals surface area contributed by atoms with Crippen molar-refractivity contribution >= 4 is 24.3 Å². The predicted molar refractivity (Wildman–Crippen MR) is 107 cm³/mol. The Morgan fingerprint density at radius 1 is 0.926 bits per heavy atom. The van der Waals surface area contributed by atoms with E-state index in [2.05, 4.69) is 0 Å². The number of hydrogen-bond donors (Lipinski definition) is 1. The molecule has 2 N–H and O–H groups in total. The standard InChI is InChI=1S/C21H25NO4.ClH/c1-25-20(23)17-11-8-16(9-12-17)14-19(22)18(21(24)26-2)13-10-15-6-4-3-5-7-15;/h3-9,11-12,18-19H,10,13-14,22H2,1-2H3;1H. The molecule has 0 saturated heterocycles. The van der Waals surface area contributed by atoms with Gasteiger partial charge in [0.25, 0.3) is 0 Å². The lowest BCUT2D eigenvalue weighted by Gasteiger charge is -2.22. The number of nitrogens with two attached hydrogens (primary N) is 1. The van der Waals surface area contributed by atoms with Crippen molar-refractivity contribution < 1.29 is 19.1 Å². The number of esters is 2. The summed E-state index contributed by atoms with van der Waals surface area (Å²) in [5.41, 5.74) is 8.93. The third-order valence-electron chi connectivity index (χ3n) is 4.45. The van der Waals surface area contributed by atoms with E-state index in [0.717, 1.165) is 17.5 Å². The van der Waals surface area contributed by atoms with Crippen LogP contribution in [0.25, 0.3) is 0 Å². The second kappa shape index (κ2) is 11.4. The Balaban J connectivity index is 0.00000364. The van der Waals surface area contributed by atoms with Crippen molar-refractivity contribution in [1.82, 2.24) is 0 Å². The highest BCUT2D eigenvalue weighted by Gasteiger charge is 2.26. The van der Waals surface area contributed by atoms with Crippen molar-refractivity contribution in [2.75, 3.05) is 14.2 Å². The fourth-order valence-corrected chi connectivity index (χ4v) is 2.93. The molecule has 0 fully saturated rings. The molecular formula is C21H26ClNO4. The second-order valence-corrected chi connectivity index (χ2v) is 6.21. The van der Waals surface area contributed by atoms with Gasteiger partial charge in [0.15, 0.2) is 0 Å². The highest BCUT2D eigenvalue weighted by atomic mass is 35.5. The van der Waals surface area contributed by atoms with Gasteiger partial charge in [-0.15, -0.1) is 12.4 Å². The third kappa shape index (κ3) is 6.70. The Hall–Kier alpha value is -2.37. The molecule has 2 aromatic carbocycles. The summed E-state index contributed by atoms with van der Waals surface area (Å²) < 4.78 is 9.64. The van der Waals surface area contributed by atoms with Crippen LogP contribution in [0.1, 0.15) is 27.9 Å². The molecule has 0 aliphatic rings. The summed E-state index contributed by atoms with van der Waals surface area (Å²) in [6.45, 7) is 0. The third-order valence-corrected chi connectivity index (χ3v) is 4.45. The second-order valence-electron chi connectivity index (χ2n) is 6.21. The molecule has 0 bridgehead atoms. The van der Waals surface area contributed by atoms with E-state index in [9.17, 15) is 9.59 Å². The first-order valence-electron chi connectivity index (χ1n) is 8.59. The summed E-state index contributed by atoms with van der Waals surface area (Å²) >= 11 is 0. The predicted octanol–water partition coefficient (Wildman–Crippen LogP) is 3.19. The van der Waals surface area contributed by atoms with E-state index >= 15 is 0 Å². The number of benzene rings is 2. The van der Waals surface area contributed by atoms with Gasteiger partial charge in [-0.25, -0.2) is 4.79 Å². The fraction of sp³-hybridized carbons (Fsp3) is 0.333. The van der Waals surface area contributed by atoms with Crippen LogP contribution < -0.4 is 5.73 Å². The smallest absolute Gasteiger partial charge is 0.337 e. The van der Waals surface area contributed by atoms with E-state index in [0.29, 0.717) is 18.4 Å². The number of rotatable bonds is 8. The minimum atomic E-state index is -0.388. The number of carbonyl (C=O) groups is 2. The number of methoxy groups -OCH3 is 2. The van der Waals surface area contributed by atoms with Gasteiger partial charge in [-0.1, -0.05) is 42.5 Å². The Bertz CT molecular complexity index is 719. The van der Waals surface area contributed by atoms with Gasteiger partial charge in [0.2, 0.25) is 0 Å². The normalized spacial score (nSPS) is 12.4. The Kier molecular flexibility index (Phi) is 9.54. The molecule has 0 aromatic heterocycles. The zero-order valence-electron chi connectivity index (χ0n) is 15.6. The van der Waals surface area contributed by atoms with Gasteiger partial charge in [0.05, 0.1) is 25.7 Å². The maximum absolute atomic E-state index is 12.2. The Morgan fingerprint density at radius 3 is 2.11 bits per heavy atom. The lowest BCUT2D eigenvalue weighted by atomic mass is 9.89. The summed E-state index contributed by atoms with van der Waals surface area (Å²) in [4.78, 5) is 23.7. The molecule has 27 heavy (non-hydrogen) atoms. The van der Waals surface area contributed by atoms with Gasteiger partial charge in [-0.2, -0.15) is 0 Å². The summed E-state index contributed by atoms with van der Waals surface area (Å²) in [6, 6.07) is 16.7. The molecule has 2 atom stereocenters. The molecule has 0 aliphatic carbocycles. The van der Waals surface area contributed by atoms with E-state index < -0.39 is 0 Å². The maximum Gasteiger partial charge on any atom is 0.337 e. The molecule has 2 unspecified atom stereocenters. The molecule has 6 heteroatoms. The van der Waals surface area contributed by atoms with Gasteiger partial charge in [0.1, 0.15) is 0 Å². The Morgan fingerprint density at radius 2 is 1.56 bits per heavy atom. The molecule has 5 nitrogen and oxygen atoms in total. The quantitative estimate of drug-likeness (QED) is 0.699. The van der Waals surface area contributed by atoms with Crippen molar-refractivity contribution in [3.63, 3.8) is 0 Å². The summed E-state index contributed by atoms with van der Waals surface area (Å²) in [7, 11) is 2.73. The van der Waals surface area contributed by atoms with Crippen LogP contribution in [0, 0.1) is 5.92 Å². The number of ether oxygens (including phenoxy) is 2. The van der Waals surface area contributed by atoms with Crippen LogP contribution in [-0.2, 0) is 27.1 Å². The van der Waals surface area contributed by atoms with Crippen LogP contribution in [-0.4, -0.2) is 32.2 Å². The van der Waals surface area contributed by atoms with Crippen molar-refractivity contribution in [3.05, 3.63) is 71.3 Å². The van der Waals surface area contributed by atoms with Crippen molar-refractivity contribution in [1.29, 1.82) is 0 Å². The molecular weight excluding hydrogens is 366 g/mol. The van der Waals surface area contributed by atoms with E-state index in [4.69, 9.17) is 15.2 Å². The zero-order valence-corrected chi connectivity index (χ0v) is 16.4. The lowest BCUT2D eigenvalue weighted by Crippen LogP contribution is -2.38.